The van der Waals surface area contributed by atoms with Crippen LogP contribution in [-0.4, -0.2) is 15.0 Å². The van der Waals surface area contributed by atoms with E-state index in [2.05, 4.69) is 5.92 Å². The van der Waals surface area contributed by atoms with E-state index in [9.17, 15) is 8.42 Å². The molecule has 0 saturated heterocycles. The molecule has 0 unspecified atom stereocenters. The van der Waals surface area contributed by atoms with Crippen molar-refractivity contribution in [2.24, 2.45) is 0 Å². The summed E-state index contributed by atoms with van der Waals surface area (Å²) in [4.78, 5) is 0.210. The summed E-state index contributed by atoms with van der Waals surface area (Å²) in [5.74, 6) is 2.15. The summed E-state index contributed by atoms with van der Waals surface area (Å²) in [6, 6.07) is 15.4. The number of hydrogen-bond acceptors (Lipinski definition) is 2. The zero-order chi connectivity index (χ0) is 14.6. The van der Waals surface area contributed by atoms with E-state index < -0.39 is 10.0 Å². The maximum Gasteiger partial charge on any atom is 1.00 e. The zero-order valence-corrected chi connectivity index (χ0v) is 14.4. The predicted octanol–water partition coefficient (Wildman–Crippen LogP) is 2.78. The van der Waals surface area contributed by atoms with Crippen molar-refractivity contribution in [3.05, 3.63) is 66.6 Å². The van der Waals surface area contributed by atoms with Crippen LogP contribution in [0.25, 0.3) is 0 Å². The molecule has 0 aliphatic rings. The number of aryl methyl sites for hydroxylation is 1. The van der Waals surface area contributed by atoms with E-state index in [1.54, 1.807) is 48.5 Å². The molecule has 21 heavy (non-hydrogen) atoms. The Morgan fingerprint density at radius 2 is 1.62 bits per heavy atom. The van der Waals surface area contributed by atoms with Gasteiger partial charge < -0.3 is 12.3 Å². The Bertz CT molecular complexity index is 719. The minimum atomic E-state index is -3.68. The maximum absolute atomic E-state index is 12.6. The van der Waals surface area contributed by atoms with Gasteiger partial charge in [0.1, 0.15) is 0 Å². The Balaban J connectivity index is 0.00000220. The number of sulfonamides is 1. The van der Waals surface area contributed by atoms with E-state index in [0.29, 0.717) is 5.69 Å². The van der Waals surface area contributed by atoms with Crippen molar-refractivity contribution < 1.29 is 30.8 Å². The monoisotopic (exact) mass is 481 g/mol. The van der Waals surface area contributed by atoms with E-state index >= 15 is 0 Å². The van der Waals surface area contributed by atoms with E-state index in [0.717, 1.165) is 5.56 Å². The molecule has 0 radical (unpaired) electrons. The number of rotatable bonds is 4. The molecule has 0 bridgehead atoms. The summed E-state index contributed by atoms with van der Waals surface area (Å²) in [6.07, 6.45) is 7.10. The summed E-state index contributed by atoms with van der Waals surface area (Å²) in [6.45, 7) is 1.79. The molecule has 112 valence electrons. The van der Waals surface area contributed by atoms with E-state index in [4.69, 9.17) is 6.42 Å². The van der Waals surface area contributed by atoms with Gasteiger partial charge in [-0.1, -0.05) is 35.9 Å². The average Bonchev–Trinajstić information content (AvgIpc) is 2.46. The van der Waals surface area contributed by atoms with Crippen LogP contribution < -0.4 is 4.31 Å². The molecule has 0 amide bonds. The third kappa shape index (κ3) is 3.99. The summed E-state index contributed by atoms with van der Waals surface area (Å²) in [5, 5.41) is 0. The first-order valence-corrected chi connectivity index (χ1v) is 7.54. The van der Waals surface area contributed by atoms with Gasteiger partial charge in [-0.15, -0.1) is 0 Å². The minimum Gasteiger partial charge on any atom is -0.692 e. The molecule has 0 spiro atoms. The topological polar surface area (TPSA) is 37.4 Å². The second-order valence-electron chi connectivity index (χ2n) is 4.34. The van der Waals surface area contributed by atoms with Crippen LogP contribution in [0.5, 0.6) is 0 Å². The van der Waals surface area contributed by atoms with E-state index in [-0.39, 0.29) is 33.8 Å². The summed E-state index contributed by atoms with van der Waals surface area (Å²) in [5.41, 5.74) is 1.52. The van der Waals surface area contributed by atoms with Crippen LogP contribution in [-0.2, 0) is 32.4 Å². The van der Waals surface area contributed by atoms with Crippen LogP contribution in [0, 0.1) is 19.3 Å². The largest absolute Gasteiger partial charge is 1.00 e. The Morgan fingerprint density at radius 3 is 2.14 bits per heavy atom. The molecule has 3 nitrogen and oxygen atoms in total. The van der Waals surface area contributed by atoms with Crippen molar-refractivity contribution in [3.8, 4) is 5.92 Å². The maximum atomic E-state index is 12.6. The van der Waals surface area contributed by atoms with Crippen LogP contribution in [0.3, 0.4) is 0 Å². The molecule has 0 aromatic heterocycles. The van der Waals surface area contributed by atoms with Crippen LogP contribution in [0.15, 0.2) is 59.5 Å². The van der Waals surface area contributed by atoms with Crippen molar-refractivity contribution in [3.63, 3.8) is 0 Å². The van der Waals surface area contributed by atoms with Crippen LogP contribution in [0.1, 0.15) is 5.56 Å². The standard InChI is InChI=1S/C16H14NO2S.Au/c1-3-13-17(15-7-5-4-6-8-15)20(18,19)16-11-9-14(2)10-12-16;/h4-12H,13H2,2H3;/q-1;+1. The van der Waals surface area contributed by atoms with Crippen molar-refractivity contribution >= 4 is 15.7 Å². The molecule has 0 heterocycles. The van der Waals surface area contributed by atoms with Gasteiger partial charge in [0.25, 0.3) is 10.0 Å². The van der Waals surface area contributed by atoms with Gasteiger partial charge in [-0.2, -0.15) is 0 Å². The molecule has 2 aromatic rings. The Kier molecular flexibility index (Phi) is 6.25. The second-order valence-corrected chi connectivity index (χ2v) is 6.20. The number of nitrogens with zero attached hydrogens (tertiary/aromatic N) is 1. The molecule has 5 heteroatoms. The third-order valence-corrected chi connectivity index (χ3v) is 4.66. The Hall–Kier alpha value is -1.51. The SMILES string of the molecule is [Au+].[C-]#CCN(c1ccccc1)S(=O)(=O)c1ccc(C)cc1. The van der Waals surface area contributed by atoms with Gasteiger partial charge in [-0.25, -0.2) is 8.42 Å². The van der Waals surface area contributed by atoms with Crippen molar-refractivity contribution in [2.75, 3.05) is 10.8 Å². The fraction of sp³-hybridized carbons (Fsp3) is 0.125. The number of anilines is 1. The minimum absolute atomic E-state index is 0. The van der Waals surface area contributed by atoms with E-state index in [1.165, 1.54) is 4.31 Å². The van der Waals surface area contributed by atoms with E-state index in [1.807, 2.05) is 13.0 Å². The number of benzene rings is 2. The molecular formula is C16H14AuNO2S. The van der Waals surface area contributed by atoms with Gasteiger partial charge in [0.2, 0.25) is 0 Å². The quantitative estimate of drug-likeness (QED) is 0.383. The van der Waals surface area contributed by atoms with Gasteiger partial charge in [0, 0.05) is 0 Å². The molecular weight excluding hydrogens is 467 g/mol. The Labute approximate surface area is 141 Å². The van der Waals surface area contributed by atoms with Crippen LogP contribution in [0.2, 0.25) is 0 Å². The van der Waals surface area contributed by atoms with Crippen molar-refractivity contribution in [1.29, 1.82) is 0 Å². The third-order valence-electron chi connectivity index (χ3n) is 2.88. The number of hydrogen-bond donors (Lipinski definition) is 0. The molecule has 0 saturated carbocycles. The summed E-state index contributed by atoms with van der Waals surface area (Å²) in [7, 11) is -3.68. The smallest absolute Gasteiger partial charge is 0.692 e. The van der Waals surface area contributed by atoms with Gasteiger partial charge in [-0.05, 0) is 31.2 Å². The fourth-order valence-electron chi connectivity index (χ4n) is 1.82. The zero-order valence-electron chi connectivity index (χ0n) is 11.4. The van der Waals surface area contributed by atoms with Gasteiger partial charge in [0.15, 0.2) is 0 Å². The average molecular weight is 481 g/mol. The van der Waals surface area contributed by atoms with Crippen molar-refractivity contribution in [1.82, 2.24) is 0 Å². The van der Waals surface area contributed by atoms with Crippen molar-refractivity contribution in [2.45, 2.75) is 11.8 Å². The van der Waals surface area contributed by atoms with Crippen LogP contribution in [0.4, 0.5) is 5.69 Å². The fourth-order valence-corrected chi connectivity index (χ4v) is 3.19. The molecule has 0 N–H and O–H groups in total. The summed E-state index contributed by atoms with van der Waals surface area (Å²) < 4.78 is 26.4. The molecule has 0 atom stereocenters. The normalized spacial score (nSPS) is 10.3. The molecule has 2 aromatic carbocycles. The molecule has 0 aliphatic carbocycles. The first-order chi connectivity index (χ1) is 9.55. The number of para-hydroxylation sites is 1. The predicted molar refractivity (Wildman–Crippen MR) is 79.3 cm³/mol. The van der Waals surface area contributed by atoms with Crippen LogP contribution >= 0.6 is 0 Å². The summed E-state index contributed by atoms with van der Waals surface area (Å²) >= 11 is 0. The first kappa shape index (κ1) is 17.5. The van der Waals surface area contributed by atoms with Gasteiger partial charge in [0.05, 0.1) is 17.1 Å². The molecule has 0 fully saturated rings. The first-order valence-electron chi connectivity index (χ1n) is 6.10. The molecule has 0 aliphatic heterocycles. The second kappa shape index (κ2) is 7.48. The van der Waals surface area contributed by atoms with Gasteiger partial charge >= 0.3 is 22.4 Å². The Morgan fingerprint density at radius 1 is 1.05 bits per heavy atom. The van der Waals surface area contributed by atoms with Gasteiger partial charge in [-0.3, -0.25) is 4.31 Å². The molecule has 2 rings (SSSR count).